The van der Waals surface area contributed by atoms with E-state index in [1.807, 2.05) is 12.1 Å². The maximum atomic E-state index is 12.3. The zero-order valence-corrected chi connectivity index (χ0v) is 19.8. The second-order valence-electron chi connectivity index (χ2n) is 6.90. The molecule has 158 valence electrons. The van der Waals surface area contributed by atoms with Crippen molar-refractivity contribution in [3.05, 3.63) is 60.7 Å². The first-order chi connectivity index (χ1) is 13.6. The zero-order chi connectivity index (χ0) is 19.8. The SMILES string of the molecule is CN=C(NCCCS(=O)(=O)c1ccccc1)NC1CCN(c2ccccc2)C1.I. The summed E-state index contributed by atoms with van der Waals surface area (Å²) in [7, 11) is -1.50. The minimum atomic E-state index is -3.23. The fourth-order valence-corrected chi connectivity index (χ4v) is 4.69. The van der Waals surface area contributed by atoms with Crippen LogP contribution in [0.1, 0.15) is 12.8 Å². The van der Waals surface area contributed by atoms with Gasteiger partial charge in [0.15, 0.2) is 15.8 Å². The Hall–Kier alpha value is -1.81. The first kappa shape index (κ1) is 23.5. The lowest BCUT2D eigenvalue weighted by Crippen LogP contribution is -2.45. The molecule has 1 heterocycles. The van der Waals surface area contributed by atoms with Crippen molar-refractivity contribution in [2.24, 2.45) is 4.99 Å². The highest BCUT2D eigenvalue weighted by Gasteiger charge is 2.23. The van der Waals surface area contributed by atoms with E-state index in [0.29, 0.717) is 23.9 Å². The fourth-order valence-electron chi connectivity index (χ4n) is 3.35. The van der Waals surface area contributed by atoms with Gasteiger partial charge in [-0.1, -0.05) is 36.4 Å². The summed E-state index contributed by atoms with van der Waals surface area (Å²) < 4.78 is 24.6. The van der Waals surface area contributed by atoms with Crippen LogP contribution in [0.4, 0.5) is 5.69 Å². The number of aliphatic imine (C=N–C) groups is 1. The molecule has 1 unspecified atom stereocenters. The lowest BCUT2D eigenvalue weighted by Gasteiger charge is -2.20. The molecule has 1 aliphatic rings. The number of halogens is 1. The van der Waals surface area contributed by atoms with Crippen molar-refractivity contribution in [3.8, 4) is 0 Å². The van der Waals surface area contributed by atoms with Crippen molar-refractivity contribution >= 4 is 45.5 Å². The first-order valence-electron chi connectivity index (χ1n) is 9.63. The molecule has 2 aromatic rings. The van der Waals surface area contributed by atoms with E-state index >= 15 is 0 Å². The van der Waals surface area contributed by atoms with Gasteiger partial charge in [-0.3, -0.25) is 4.99 Å². The Kier molecular flexibility index (Phi) is 9.22. The van der Waals surface area contributed by atoms with Gasteiger partial charge in [0, 0.05) is 38.4 Å². The van der Waals surface area contributed by atoms with E-state index in [-0.39, 0.29) is 29.7 Å². The lowest BCUT2D eigenvalue weighted by molar-refractivity contribution is 0.591. The molecular weight excluding hydrogens is 499 g/mol. The number of hydrogen-bond acceptors (Lipinski definition) is 4. The average molecular weight is 528 g/mol. The third-order valence-corrected chi connectivity index (χ3v) is 6.68. The number of guanidine groups is 1. The Labute approximate surface area is 190 Å². The molecule has 0 saturated carbocycles. The molecule has 6 nitrogen and oxygen atoms in total. The van der Waals surface area contributed by atoms with E-state index in [0.717, 1.165) is 25.5 Å². The summed E-state index contributed by atoms with van der Waals surface area (Å²) in [6.07, 6.45) is 1.57. The van der Waals surface area contributed by atoms with Crippen LogP contribution >= 0.6 is 24.0 Å². The number of rotatable bonds is 7. The van der Waals surface area contributed by atoms with Crippen molar-refractivity contribution < 1.29 is 8.42 Å². The van der Waals surface area contributed by atoms with Crippen LogP contribution in [-0.4, -0.2) is 52.9 Å². The molecule has 1 atom stereocenters. The Morgan fingerprint density at radius 2 is 1.76 bits per heavy atom. The topological polar surface area (TPSA) is 73.8 Å². The third kappa shape index (κ3) is 6.88. The van der Waals surface area contributed by atoms with Crippen LogP contribution in [0.5, 0.6) is 0 Å². The molecule has 0 aromatic heterocycles. The van der Waals surface area contributed by atoms with Crippen molar-refractivity contribution in [3.63, 3.8) is 0 Å². The molecule has 8 heteroatoms. The molecule has 3 rings (SSSR count). The number of nitrogens with zero attached hydrogens (tertiary/aromatic N) is 2. The molecule has 1 aliphatic heterocycles. The highest BCUT2D eigenvalue weighted by Crippen LogP contribution is 2.19. The zero-order valence-electron chi connectivity index (χ0n) is 16.6. The van der Waals surface area contributed by atoms with Gasteiger partial charge < -0.3 is 15.5 Å². The second-order valence-corrected chi connectivity index (χ2v) is 9.01. The molecule has 0 amide bonds. The summed E-state index contributed by atoms with van der Waals surface area (Å²) in [5.74, 6) is 0.837. The summed E-state index contributed by atoms with van der Waals surface area (Å²) in [6, 6.07) is 19.3. The Balaban J connectivity index is 0.00000300. The number of sulfone groups is 1. The van der Waals surface area contributed by atoms with Gasteiger partial charge in [0.25, 0.3) is 0 Å². The maximum absolute atomic E-state index is 12.3. The number of para-hydroxylation sites is 1. The fraction of sp³-hybridized carbons (Fsp3) is 0.381. The number of benzene rings is 2. The van der Waals surface area contributed by atoms with Crippen molar-refractivity contribution in [2.45, 2.75) is 23.8 Å². The quantitative estimate of drug-likeness (QED) is 0.250. The van der Waals surface area contributed by atoms with Crippen molar-refractivity contribution in [1.29, 1.82) is 0 Å². The van der Waals surface area contributed by atoms with Crippen molar-refractivity contribution in [1.82, 2.24) is 10.6 Å². The van der Waals surface area contributed by atoms with Crippen LogP contribution in [0.3, 0.4) is 0 Å². The van der Waals surface area contributed by atoms with Crippen LogP contribution in [-0.2, 0) is 9.84 Å². The molecule has 0 bridgehead atoms. The summed E-state index contributed by atoms with van der Waals surface area (Å²) in [5.41, 5.74) is 1.24. The predicted molar refractivity (Wildman–Crippen MR) is 130 cm³/mol. The van der Waals surface area contributed by atoms with Gasteiger partial charge in [0.05, 0.1) is 10.6 Å². The number of hydrogen-bond donors (Lipinski definition) is 2. The maximum Gasteiger partial charge on any atom is 0.191 e. The summed E-state index contributed by atoms with van der Waals surface area (Å²) in [4.78, 5) is 7.01. The minimum Gasteiger partial charge on any atom is -0.369 e. The normalized spacial score (nSPS) is 16.9. The molecule has 0 radical (unpaired) electrons. The molecule has 29 heavy (non-hydrogen) atoms. The van der Waals surface area contributed by atoms with Gasteiger partial charge in [0.1, 0.15) is 0 Å². The van der Waals surface area contributed by atoms with Crippen LogP contribution in [0.15, 0.2) is 70.6 Å². The van der Waals surface area contributed by atoms with E-state index < -0.39 is 9.84 Å². The van der Waals surface area contributed by atoms with Gasteiger partial charge in [-0.15, -0.1) is 24.0 Å². The van der Waals surface area contributed by atoms with Crippen LogP contribution < -0.4 is 15.5 Å². The standard InChI is InChI=1S/C21H28N4O2S.HI/c1-22-21(23-14-8-16-28(26,27)20-11-6-3-7-12-20)24-18-13-15-25(17-18)19-9-4-2-5-10-19;/h2-7,9-12,18H,8,13-17H2,1H3,(H2,22,23,24);1H. The molecule has 2 aromatic carbocycles. The van der Waals surface area contributed by atoms with Crippen LogP contribution in [0.2, 0.25) is 0 Å². The minimum absolute atomic E-state index is 0. The van der Waals surface area contributed by atoms with Gasteiger partial charge >= 0.3 is 0 Å². The van der Waals surface area contributed by atoms with E-state index in [1.165, 1.54) is 5.69 Å². The van der Waals surface area contributed by atoms with Crippen molar-refractivity contribution in [2.75, 3.05) is 37.3 Å². The van der Waals surface area contributed by atoms with Gasteiger partial charge in [-0.2, -0.15) is 0 Å². The third-order valence-electron chi connectivity index (χ3n) is 4.86. The van der Waals surface area contributed by atoms with E-state index in [2.05, 4.69) is 44.8 Å². The Morgan fingerprint density at radius 1 is 1.10 bits per heavy atom. The molecule has 0 spiro atoms. The Morgan fingerprint density at radius 3 is 2.41 bits per heavy atom. The van der Waals surface area contributed by atoms with Crippen LogP contribution in [0.25, 0.3) is 0 Å². The summed E-state index contributed by atoms with van der Waals surface area (Å²) in [6.45, 7) is 2.49. The largest absolute Gasteiger partial charge is 0.369 e. The lowest BCUT2D eigenvalue weighted by atomic mass is 10.3. The summed E-state index contributed by atoms with van der Waals surface area (Å²) in [5, 5.41) is 6.67. The molecular formula is C21H29IN4O2S. The predicted octanol–water partition coefficient (Wildman–Crippen LogP) is 2.91. The van der Waals surface area contributed by atoms with Gasteiger partial charge in [-0.25, -0.2) is 8.42 Å². The van der Waals surface area contributed by atoms with Gasteiger partial charge in [-0.05, 0) is 37.1 Å². The van der Waals surface area contributed by atoms with E-state index in [4.69, 9.17) is 0 Å². The monoisotopic (exact) mass is 528 g/mol. The van der Waals surface area contributed by atoms with E-state index in [1.54, 1.807) is 31.3 Å². The Bertz CT molecular complexity index is 876. The molecule has 2 N–H and O–H groups in total. The molecule has 0 aliphatic carbocycles. The summed E-state index contributed by atoms with van der Waals surface area (Å²) >= 11 is 0. The highest BCUT2D eigenvalue weighted by molar-refractivity contribution is 14.0. The molecule has 1 fully saturated rings. The average Bonchev–Trinajstić information content (AvgIpc) is 3.20. The number of nitrogens with one attached hydrogen (secondary N) is 2. The smallest absolute Gasteiger partial charge is 0.191 e. The second kappa shape index (κ2) is 11.4. The highest BCUT2D eigenvalue weighted by atomic mass is 127. The van der Waals surface area contributed by atoms with Gasteiger partial charge in [0.2, 0.25) is 0 Å². The van der Waals surface area contributed by atoms with Crippen LogP contribution in [0, 0.1) is 0 Å². The first-order valence-corrected chi connectivity index (χ1v) is 11.3. The number of anilines is 1. The molecule has 1 saturated heterocycles. The van der Waals surface area contributed by atoms with E-state index in [9.17, 15) is 8.42 Å².